The molecule has 2 N–H and O–H groups in total. The van der Waals surface area contributed by atoms with Gasteiger partial charge in [-0.1, -0.05) is 6.07 Å². The zero-order valence-corrected chi connectivity index (χ0v) is 12.0. The number of hydrogen-bond donors (Lipinski definition) is 2. The van der Waals surface area contributed by atoms with Crippen molar-refractivity contribution in [1.82, 2.24) is 10.3 Å². The molecule has 0 saturated heterocycles. The molecule has 5 heteroatoms. The number of nitrogens with zero attached hydrogens (tertiary/aromatic N) is 1. The standard InChI is InChI=1S/C16H19N3O2/c1-21-15-7-5-14(6-8-15)19-16(20)12-17-11-9-13-4-2-3-10-18-13/h2-8,10,17H,9,11-12H2,1H3,(H,19,20). The highest BCUT2D eigenvalue weighted by Crippen LogP contribution is 2.14. The first-order valence-corrected chi connectivity index (χ1v) is 6.82. The van der Waals surface area contributed by atoms with E-state index in [0.717, 1.165) is 23.6 Å². The van der Waals surface area contributed by atoms with Gasteiger partial charge in [-0.15, -0.1) is 0 Å². The van der Waals surface area contributed by atoms with Gasteiger partial charge in [0.2, 0.25) is 5.91 Å². The number of methoxy groups -OCH3 is 1. The van der Waals surface area contributed by atoms with Crippen LogP contribution in [-0.4, -0.2) is 31.1 Å². The molecular formula is C16H19N3O2. The number of benzene rings is 1. The largest absolute Gasteiger partial charge is 0.497 e. The number of carbonyl (C=O) groups excluding carboxylic acids is 1. The predicted octanol–water partition coefficient (Wildman–Crippen LogP) is 1.86. The van der Waals surface area contributed by atoms with Crippen molar-refractivity contribution in [2.75, 3.05) is 25.5 Å². The molecule has 1 aromatic carbocycles. The van der Waals surface area contributed by atoms with Gasteiger partial charge in [0, 0.05) is 30.5 Å². The Kier molecular flexibility index (Phi) is 5.72. The maximum Gasteiger partial charge on any atom is 0.238 e. The highest BCUT2D eigenvalue weighted by Gasteiger charge is 2.02. The van der Waals surface area contributed by atoms with E-state index in [1.54, 1.807) is 13.3 Å². The van der Waals surface area contributed by atoms with Crippen molar-refractivity contribution in [2.45, 2.75) is 6.42 Å². The Morgan fingerprint density at radius 3 is 2.67 bits per heavy atom. The molecule has 0 aliphatic heterocycles. The van der Waals surface area contributed by atoms with Crippen LogP contribution in [0.15, 0.2) is 48.7 Å². The maximum atomic E-state index is 11.8. The molecule has 0 saturated carbocycles. The van der Waals surface area contributed by atoms with Gasteiger partial charge >= 0.3 is 0 Å². The Hall–Kier alpha value is -2.40. The summed E-state index contributed by atoms with van der Waals surface area (Å²) < 4.78 is 5.06. The molecule has 110 valence electrons. The third kappa shape index (κ3) is 5.24. The zero-order valence-electron chi connectivity index (χ0n) is 12.0. The van der Waals surface area contributed by atoms with Crippen LogP contribution in [-0.2, 0) is 11.2 Å². The first-order chi connectivity index (χ1) is 10.3. The van der Waals surface area contributed by atoms with Crippen molar-refractivity contribution in [2.24, 2.45) is 0 Å². The summed E-state index contributed by atoms with van der Waals surface area (Å²) >= 11 is 0. The summed E-state index contributed by atoms with van der Waals surface area (Å²) in [6.07, 6.45) is 2.57. The second-order valence-corrected chi connectivity index (χ2v) is 4.52. The minimum atomic E-state index is -0.0683. The highest BCUT2D eigenvalue weighted by atomic mass is 16.5. The minimum absolute atomic E-state index is 0.0683. The van der Waals surface area contributed by atoms with Gasteiger partial charge in [0.15, 0.2) is 0 Å². The van der Waals surface area contributed by atoms with E-state index in [0.29, 0.717) is 6.54 Å². The summed E-state index contributed by atoms with van der Waals surface area (Å²) in [6.45, 7) is 0.992. The molecule has 0 fully saturated rings. The maximum absolute atomic E-state index is 11.8. The number of pyridine rings is 1. The lowest BCUT2D eigenvalue weighted by molar-refractivity contribution is -0.115. The monoisotopic (exact) mass is 285 g/mol. The SMILES string of the molecule is COc1ccc(NC(=O)CNCCc2ccccn2)cc1. The normalized spacial score (nSPS) is 10.1. The minimum Gasteiger partial charge on any atom is -0.497 e. The van der Waals surface area contributed by atoms with Gasteiger partial charge in [-0.2, -0.15) is 0 Å². The predicted molar refractivity (Wildman–Crippen MR) is 82.4 cm³/mol. The van der Waals surface area contributed by atoms with Gasteiger partial charge in [0.1, 0.15) is 5.75 Å². The third-order valence-corrected chi connectivity index (χ3v) is 2.94. The van der Waals surface area contributed by atoms with E-state index in [4.69, 9.17) is 4.74 Å². The number of aromatic nitrogens is 1. The smallest absolute Gasteiger partial charge is 0.238 e. The molecule has 0 aliphatic carbocycles. The van der Waals surface area contributed by atoms with Gasteiger partial charge in [-0.25, -0.2) is 0 Å². The van der Waals surface area contributed by atoms with Gasteiger partial charge in [-0.3, -0.25) is 9.78 Å². The van der Waals surface area contributed by atoms with E-state index >= 15 is 0 Å². The van der Waals surface area contributed by atoms with Gasteiger partial charge in [0.05, 0.1) is 13.7 Å². The average Bonchev–Trinajstić information content (AvgIpc) is 2.53. The van der Waals surface area contributed by atoms with E-state index in [-0.39, 0.29) is 12.5 Å². The van der Waals surface area contributed by atoms with E-state index in [1.165, 1.54) is 0 Å². The molecule has 0 aliphatic rings. The lowest BCUT2D eigenvalue weighted by Crippen LogP contribution is -2.29. The molecule has 0 spiro atoms. The second kappa shape index (κ2) is 8.01. The average molecular weight is 285 g/mol. The molecule has 0 unspecified atom stereocenters. The number of amides is 1. The fraction of sp³-hybridized carbons (Fsp3) is 0.250. The van der Waals surface area contributed by atoms with Crippen LogP contribution >= 0.6 is 0 Å². The fourth-order valence-electron chi connectivity index (χ4n) is 1.84. The number of carbonyl (C=O) groups is 1. The Labute approximate surface area is 124 Å². The molecule has 1 heterocycles. The molecule has 5 nitrogen and oxygen atoms in total. The highest BCUT2D eigenvalue weighted by molar-refractivity contribution is 5.92. The Morgan fingerprint density at radius 1 is 1.19 bits per heavy atom. The molecule has 1 amide bonds. The number of anilines is 1. The molecular weight excluding hydrogens is 266 g/mol. The van der Waals surface area contributed by atoms with Crippen molar-refractivity contribution < 1.29 is 9.53 Å². The van der Waals surface area contributed by atoms with Gasteiger partial charge in [-0.05, 0) is 36.4 Å². The zero-order chi connectivity index (χ0) is 14.9. The summed E-state index contributed by atoms with van der Waals surface area (Å²) in [7, 11) is 1.61. The van der Waals surface area contributed by atoms with E-state index in [1.807, 2.05) is 42.5 Å². The second-order valence-electron chi connectivity index (χ2n) is 4.52. The van der Waals surface area contributed by atoms with E-state index in [9.17, 15) is 4.79 Å². The lowest BCUT2D eigenvalue weighted by atomic mass is 10.2. The first-order valence-electron chi connectivity index (χ1n) is 6.82. The number of nitrogens with one attached hydrogen (secondary N) is 2. The molecule has 0 atom stereocenters. The summed E-state index contributed by atoms with van der Waals surface area (Å²) in [5.41, 5.74) is 1.77. The van der Waals surface area contributed by atoms with Crippen molar-refractivity contribution in [1.29, 1.82) is 0 Å². The van der Waals surface area contributed by atoms with E-state index in [2.05, 4.69) is 15.6 Å². The Bertz CT molecular complexity index is 555. The first kappa shape index (κ1) is 15.0. The summed E-state index contributed by atoms with van der Waals surface area (Å²) in [5.74, 6) is 0.697. The van der Waals surface area contributed by atoms with Crippen LogP contribution in [0.5, 0.6) is 5.75 Å². The quantitative estimate of drug-likeness (QED) is 0.762. The third-order valence-electron chi connectivity index (χ3n) is 2.94. The number of ether oxygens (including phenoxy) is 1. The lowest BCUT2D eigenvalue weighted by Gasteiger charge is -2.07. The van der Waals surface area contributed by atoms with Crippen molar-refractivity contribution in [3.63, 3.8) is 0 Å². The fourth-order valence-corrected chi connectivity index (χ4v) is 1.84. The molecule has 21 heavy (non-hydrogen) atoms. The van der Waals surface area contributed by atoms with Crippen LogP contribution in [0.25, 0.3) is 0 Å². The molecule has 1 aromatic heterocycles. The van der Waals surface area contributed by atoms with Crippen molar-refractivity contribution in [3.8, 4) is 5.75 Å². The van der Waals surface area contributed by atoms with Crippen molar-refractivity contribution in [3.05, 3.63) is 54.4 Å². The molecule has 0 radical (unpaired) electrons. The number of hydrogen-bond acceptors (Lipinski definition) is 4. The molecule has 0 bridgehead atoms. The van der Waals surface area contributed by atoms with Crippen LogP contribution in [0.3, 0.4) is 0 Å². The Morgan fingerprint density at radius 2 is 2.00 bits per heavy atom. The van der Waals surface area contributed by atoms with Crippen LogP contribution in [0.2, 0.25) is 0 Å². The Balaban J connectivity index is 1.67. The summed E-state index contributed by atoms with van der Waals surface area (Å²) in [5, 5.41) is 5.92. The van der Waals surface area contributed by atoms with Crippen LogP contribution in [0, 0.1) is 0 Å². The summed E-state index contributed by atoms with van der Waals surface area (Å²) in [6, 6.07) is 13.1. The van der Waals surface area contributed by atoms with Crippen LogP contribution in [0.1, 0.15) is 5.69 Å². The van der Waals surface area contributed by atoms with Crippen LogP contribution < -0.4 is 15.4 Å². The van der Waals surface area contributed by atoms with Gasteiger partial charge in [0.25, 0.3) is 0 Å². The molecule has 2 rings (SSSR count). The van der Waals surface area contributed by atoms with Crippen molar-refractivity contribution >= 4 is 11.6 Å². The molecule has 2 aromatic rings. The summed E-state index contributed by atoms with van der Waals surface area (Å²) in [4.78, 5) is 16.0. The van der Waals surface area contributed by atoms with Crippen LogP contribution in [0.4, 0.5) is 5.69 Å². The van der Waals surface area contributed by atoms with Gasteiger partial charge < -0.3 is 15.4 Å². The number of rotatable bonds is 7. The van der Waals surface area contributed by atoms with E-state index < -0.39 is 0 Å². The topological polar surface area (TPSA) is 63.2 Å².